The van der Waals surface area contributed by atoms with Gasteiger partial charge in [0.2, 0.25) is 5.91 Å². The second-order valence-electron chi connectivity index (χ2n) is 7.31. The SMILES string of the molecule is COc1ccccc1NC(=O)C12CCC(C)(C(=O)C1Br)C2(C)C. The van der Waals surface area contributed by atoms with Crippen LogP contribution in [0.1, 0.15) is 33.6 Å². The lowest BCUT2D eigenvalue weighted by molar-refractivity contribution is -0.130. The van der Waals surface area contributed by atoms with Gasteiger partial charge in [0, 0.05) is 5.41 Å². The molecule has 3 atom stereocenters. The number of Topliss-reactive ketones (excluding diaryl/α,β-unsaturated/α-hetero) is 1. The summed E-state index contributed by atoms with van der Waals surface area (Å²) < 4.78 is 5.31. The minimum absolute atomic E-state index is 0.108. The molecule has 2 saturated carbocycles. The average molecular weight is 380 g/mol. The molecule has 2 aliphatic carbocycles. The lowest BCUT2D eigenvalue weighted by Gasteiger charge is -2.39. The second-order valence-corrected chi connectivity index (χ2v) is 8.23. The molecule has 3 rings (SSSR count). The van der Waals surface area contributed by atoms with Crippen molar-refractivity contribution in [2.75, 3.05) is 12.4 Å². The van der Waals surface area contributed by atoms with Gasteiger partial charge in [0.25, 0.3) is 0 Å². The van der Waals surface area contributed by atoms with E-state index >= 15 is 0 Å². The molecule has 0 saturated heterocycles. The Hall–Kier alpha value is -1.36. The molecule has 0 aliphatic heterocycles. The average Bonchev–Trinajstić information content (AvgIpc) is 2.80. The van der Waals surface area contributed by atoms with Crippen molar-refractivity contribution in [1.82, 2.24) is 0 Å². The Labute approximate surface area is 145 Å². The summed E-state index contributed by atoms with van der Waals surface area (Å²) in [6.07, 6.45) is 1.46. The monoisotopic (exact) mass is 379 g/mol. The van der Waals surface area contributed by atoms with Crippen molar-refractivity contribution in [3.05, 3.63) is 24.3 Å². The van der Waals surface area contributed by atoms with Gasteiger partial charge in [-0.05, 0) is 30.4 Å². The molecular formula is C18H22BrNO3. The number of fused-ring (bicyclic) bond motifs is 2. The van der Waals surface area contributed by atoms with Crippen LogP contribution < -0.4 is 10.1 Å². The number of anilines is 1. The number of para-hydroxylation sites is 2. The van der Waals surface area contributed by atoms with E-state index in [4.69, 9.17) is 4.74 Å². The summed E-state index contributed by atoms with van der Waals surface area (Å²) in [5, 5.41) is 3.00. The lowest BCUT2D eigenvalue weighted by Crippen LogP contribution is -2.48. The number of ketones is 1. The zero-order valence-corrected chi connectivity index (χ0v) is 15.5. The van der Waals surface area contributed by atoms with Crippen molar-refractivity contribution in [3.8, 4) is 5.75 Å². The van der Waals surface area contributed by atoms with E-state index in [0.717, 1.165) is 6.42 Å². The Kier molecular flexibility index (Phi) is 3.63. The number of methoxy groups -OCH3 is 1. The van der Waals surface area contributed by atoms with Gasteiger partial charge in [-0.1, -0.05) is 48.8 Å². The Balaban J connectivity index is 2.00. The van der Waals surface area contributed by atoms with Crippen LogP contribution in [-0.2, 0) is 9.59 Å². The molecule has 124 valence electrons. The minimum Gasteiger partial charge on any atom is -0.495 e. The summed E-state index contributed by atoms with van der Waals surface area (Å²) in [5.41, 5.74) is -0.964. The van der Waals surface area contributed by atoms with Crippen LogP contribution in [0.4, 0.5) is 5.69 Å². The van der Waals surface area contributed by atoms with Crippen molar-refractivity contribution in [3.63, 3.8) is 0 Å². The molecule has 0 spiro atoms. The predicted octanol–water partition coefficient (Wildman–Crippen LogP) is 3.79. The van der Waals surface area contributed by atoms with Crippen LogP contribution in [-0.4, -0.2) is 23.6 Å². The van der Waals surface area contributed by atoms with E-state index in [1.165, 1.54) is 0 Å². The number of amides is 1. The number of carbonyl (C=O) groups excluding carboxylic acids is 2. The third-order valence-corrected chi connectivity index (χ3v) is 7.68. The van der Waals surface area contributed by atoms with Gasteiger partial charge >= 0.3 is 0 Å². The highest BCUT2D eigenvalue weighted by Gasteiger charge is 2.76. The summed E-state index contributed by atoms with van der Waals surface area (Å²) in [6, 6.07) is 7.33. The summed E-state index contributed by atoms with van der Waals surface area (Å²) >= 11 is 3.54. The zero-order valence-electron chi connectivity index (χ0n) is 13.9. The molecule has 1 aromatic rings. The smallest absolute Gasteiger partial charge is 0.232 e. The third-order valence-electron chi connectivity index (χ3n) is 6.48. The van der Waals surface area contributed by atoms with Gasteiger partial charge in [0.05, 0.1) is 23.0 Å². The number of ether oxygens (including phenoxy) is 1. The maximum absolute atomic E-state index is 13.2. The zero-order chi connectivity index (χ0) is 17.0. The van der Waals surface area contributed by atoms with Crippen molar-refractivity contribution in [1.29, 1.82) is 0 Å². The van der Waals surface area contributed by atoms with Crippen molar-refractivity contribution in [2.24, 2.45) is 16.2 Å². The number of nitrogens with one attached hydrogen (secondary N) is 1. The van der Waals surface area contributed by atoms with Gasteiger partial charge < -0.3 is 10.1 Å². The first-order valence-electron chi connectivity index (χ1n) is 7.85. The minimum atomic E-state index is -0.736. The molecule has 23 heavy (non-hydrogen) atoms. The first-order chi connectivity index (χ1) is 10.7. The van der Waals surface area contributed by atoms with E-state index in [2.05, 4.69) is 21.2 Å². The van der Waals surface area contributed by atoms with Gasteiger partial charge in [-0.15, -0.1) is 0 Å². The molecule has 2 bridgehead atoms. The van der Waals surface area contributed by atoms with Crippen molar-refractivity contribution >= 4 is 33.3 Å². The van der Waals surface area contributed by atoms with Crippen LogP contribution in [0.15, 0.2) is 24.3 Å². The van der Waals surface area contributed by atoms with Gasteiger partial charge in [0.1, 0.15) is 5.75 Å². The number of rotatable bonds is 3. The van der Waals surface area contributed by atoms with E-state index in [0.29, 0.717) is 17.9 Å². The van der Waals surface area contributed by atoms with Gasteiger partial charge in [-0.3, -0.25) is 9.59 Å². The van der Waals surface area contributed by atoms with E-state index < -0.39 is 21.1 Å². The van der Waals surface area contributed by atoms with Crippen LogP contribution in [0.5, 0.6) is 5.75 Å². The van der Waals surface area contributed by atoms with Crippen LogP contribution in [0, 0.1) is 16.2 Å². The molecule has 0 aromatic heterocycles. The Morgan fingerprint density at radius 2 is 1.91 bits per heavy atom. The maximum atomic E-state index is 13.2. The molecule has 0 heterocycles. The van der Waals surface area contributed by atoms with Gasteiger partial charge in [-0.25, -0.2) is 0 Å². The van der Waals surface area contributed by atoms with Crippen LogP contribution in [0.3, 0.4) is 0 Å². The Morgan fingerprint density at radius 1 is 1.26 bits per heavy atom. The van der Waals surface area contributed by atoms with Crippen LogP contribution in [0.25, 0.3) is 0 Å². The first-order valence-corrected chi connectivity index (χ1v) is 8.77. The highest BCUT2D eigenvalue weighted by molar-refractivity contribution is 9.10. The normalized spacial score (nSPS) is 34.5. The fraction of sp³-hybridized carbons (Fsp3) is 0.556. The number of benzene rings is 1. The Bertz CT molecular complexity index is 687. The summed E-state index contributed by atoms with van der Waals surface area (Å²) in [4.78, 5) is 25.5. The predicted molar refractivity (Wildman–Crippen MR) is 92.9 cm³/mol. The topological polar surface area (TPSA) is 55.4 Å². The number of hydrogen-bond acceptors (Lipinski definition) is 3. The number of alkyl halides is 1. The van der Waals surface area contributed by atoms with Gasteiger partial charge in [-0.2, -0.15) is 0 Å². The van der Waals surface area contributed by atoms with E-state index in [1.54, 1.807) is 7.11 Å². The van der Waals surface area contributed by atoms with E-state index in [9.17, 15) is 9.59 Å². The fourth-order valence-corrected chi connectivity index (χ4v) is 5.95. The summed E-state index contributed by atoms with van der Waals surface area (Å²) in [5.74, 6) is 0.652. The molecule has 3 unspecified atom stereocenters. The molecule has 5 heteroatoms. The molecule has 2 aliphatic rings. The molecular weight excluding hydrogens is 358 g/mol. The molecule has 2 fully saturated rings. The first kappa shape index (κ1) is 16.5. The standard InChI is InChI=1S/C18H22BrNO3/c1-16(2)17(3)9-10-18(16,13(19)14(17)21)15(22)20-11-7-5-6-8-12(11)23-4/h5-8,13H,9-10H2,1-4H3,(H,20,22). The van der Waals surface area contributed by atoms with E-state index in [-0.39, 0.29) is 11.7 Å². The second kappa shape index (κ2) is 5.07. The molecule has 1 N–H and O–H groups in total. The van der Waals surface area contributed by atoms with E-state index in [1.807, 2.05) is 45.0 Å². The van der Waals surface area contributed by atoms with Gasteiger partial charge in [0.15, 0.2) is 5.78 Å². The summed E-state index contributed by atoms with van der Waals surface area (Å²) in [6.45, 7) is 6.08. The molecule has 4 nitrogen and oxygen atoms in total. The van der Waals surface area contributed by atoms with Crippen molar-refractivity contribution in [2.45, 2.75) is 38.4 Å². The summed E-state index contributed by atoms with van der Waals surface area (Å²) in [7, 11) is 1.58. The van der Waals surface area contributed by atoms with Crippen LogP contribution >= 0.6 is 15.9 Å². The number of carbonyl (C=O) groups is 2. The van der Waals surface area contributed by atoms with Crippen molar-refractivity contribution < 1.29 is 14.3 Å². The number of halogens is 1. The number of hydrogen-bond donors (Lipinski definition) is 1. The molecule has 1 aromatic carbocycles. The quantitative estimate of drug-likeness (QED) is 0.812. The maximum Gasteiger partial charge on any atom is 0.232 e. The third kappa shape index (κ3) is 1.83. The molecule has 0 radical (unpaired) electrons. The highest BCUT2D eigenvalue weighted by atomic mass is 79.9. The largest absolute Gasteiger partial charge is 0.495 e. The van der Waals surface area contributed by atoms with Crippen LogP contribution in [0.2, 0.25) is 0 Å². The fourth-order valence-electron chi connectivity index (χ4n) is 4.44. The highest BCUT2D eigenvalue weighted by Crippen LogP contribution is 2.72. The molecule has 1 amide bonds. The Morgan fingerprint density at radius 3 is 2.48 bits per heavy atom. The lowest BCUT2D eigenvalue weighted by atomic mass is 9.64.